The average molecular weight is 320 g/mol. The zero-order valence-electron chi connectivity index (χ0n) is 11.9. The molecule has 1 N–H and O–H groups in total. The van der Waals surface area contributed by atoms with Gasteiger partial charge in [-0.25, -0.2) is 0 Å². The number of nitrogens with one attached hydrogen (secondary N) is 1. The maximum Gasteiger partial charge on any atom is 0.251 e. The van der Waals surface area contributed by atoms with Crippen LogP contribution in [-0.4, -0.2) is 18.2 Å². The largest absolute Gasteiger partial charge is 0.351 e. The molecule has 0 unspecified atom stereocenters. The lowest BCUT2D eigenvalue weighted by Crippen LogP contribution is -2.26. The second kappa shape index (κ2) is 8.11. The summed E-state index contributed by atoms with van der Waals surface area (Å²) in [7, 11) is 0. The normalized spacial score (nSPS) is 10.4. The van der Waals surface area contributed by atoms with Gasteiger partial charge < -0.3 is 5.32 Å². The standard InChI is InChI=1S/C17H18ClNOS/c1-13-6-2-4-8-15(13)17(20)19-10-11-21-12-14-7-3-5-9-16(14)18/h2-9H,10-12H2,1H3,(H,19,20). The van der Waals surface area contributed by atoms with Crippen molar-refractivity contribution in [2.45, 2.75) is 12.7 Å². The first kappa shape index (κ1) is 15.9. The van der Waals surface area contributed by atoms with E-state index in [1.165, 1.54) is 0 Å². The first-order chi connectivity index (χ1) is 10.2. The van der Waals surface area contributed by atoms with Gasteiger partial charge in [0.05, 0.1) is 0 Å². The average Bonchev–Trinajstić information content (AvgIpc) is 2.49. The second-order valence-electron chi connectivity index (χ2n) is 4.71. The number of carbonyl (C=O) groups excluding carboxylic acids is 1. The van der Waals surface area contributed by atoms with E-state index in [1.54, 1.807) is 11.8 Å². The Morgan fingerprint density at radius 3 is 2.62 bits per heavy atom. The van der Waals surface area contributed by atoms with Crippen LogP contribution in [0.4, 0.5) is 0 Å². The minimum absolute atomic E-state index is 0.00792. The van der Waals surface area contributed by atoms with Crippen LogP contribution in [0.25, 0.3) is 0 Å². The van der Waals surface area contributed by atoms with E-state index >= 15 is 0 Å². The fourth-order valence-electron chi connectivity index (χ4n) is 1.96. The molecule has 0 atom stereocenters. The molecule has 0 spiro atoms. The highest BCUT2D eigenvalue weighted by molar-refractivity contribution is 7.98. The van der Waals surface area contributed by atoms with E-state index in [9.17, 15) is 4.79 Å². The molecular formula is C17H18ClNOS. The summed E-state index contributed by atoms with van der Waals surface area (Å²) in [4.78, 5) is 12.0. The van der Waals surface area contributed by atoms with Gasteiger partial charge >= 0.3 is 0 Å². The van der Waals surface area contributed by atoms with Gasteiger partial charge in [-0.05, 0) is 30.2 Å². The fraction of sp³-hybridized carbons (Fsp3) is 0.235. The first-order valence-corrected chi connectivity index (χ1v) is 8.36. The summed E-state index contributed by atoms with van der Waals surface area (Å²) in [6.07, 6.45) is 0. The summed E-state index contributed by atoms with van der Waals surface area (Å²) in [6.45, 7) is 2.60. The third-order valence-electron chi connectivity index (χ3n) is 3.14. The van der Waals surface area contributed by atoms with Gasteiger partial charge in [0.15, 0.2) is 0 Å². The van der Waals surface area contributed by atoms with Crippen molar-refractivity contribution < 1.29 is 4.79 Å². The molecule has 2 nitrogen and oxygen atoms in total. The molecular weight excluding hydrogens is 302 g/mol. The van der Waals surface area contributed by atoms with Crippen LogP contribution in [0.5, 0.6) is 0 Å². The summed E-state index contributed by atoms with van der Waals surface area (Å²) in [5, 5.41) is 3.75. The quantitative estimate of drug-likeness (QED) is 0.804. The number of aryl methyl sites for hydroxylation is 1. The molecule has 2 rings (SSSR count). The molecule has 0 aliphatic heterocycles. The van der Waals surface area contributed by atoms with Crippen molar-refractivity contribution in [3.8, 4) is 0 Å². The molecule has 110 valence electrons. The van der Waals surface area contributed by atoms with E-state index < -0.39 is 0 Å². The van der Waals surface area contributed by atoms with Crippen LogP contribution in [0.15, 0.2) is 48.5 Å². The molecule has 0 fully saturated rings. The monoisotopic (exact) mass is 319 g/mol. The minimum Gasteiger partial charge on any atom is -0.351 e. The lowest BCUT2D eigenvalue weighted by Gasteiger charge is -2.08. The first-order valence-electron chi connectivity index (χ1n) is 6.83. The zero-order valence-corrected chi connectivity index (χ0v) is 13.5. The molecule has 0 saturated heterocycles. The summed E-state index contributed by atoms with van der Waals surface area (Å²) < 4.78 is 0. The summed E-state index contributed by atoms with van der Waals surface area (Å²) in [5.74, 6) is 1.72. The third-order valence-corrected chi connectivity index (χ3v) is 4.51. The van der Waals surface area contributed by atoms with Crippen molar-refractivity contribution >= 4 is 29.3 Å². The number of hydrogen-bond acceptors (Lipinski definition) is 2. The Labute approximate surface area is 134 Å². The van der Waals surface area contributed by atoms with Crippen molar-refractivity contribution in [2.75, 3.05) is 12.3 Å². The van der Waals surface area contributed by atoms with Gasteiger partial charge in [-0.15, -0.1) is 0 Å². The maximum atomic E-state index is 12.0. The number of thioether (sulfide) groups is 1. The summed E-state index contributed by atoms with van der Waals surface area (Å²) >= 11 is 7.86. The lowest BCUT2D eigenvalue weighted by molar-refractivity contribution is 0.0955. The van der Waals surface area contributed by atoms with E-state index in [0.29, 0.717) is 6.54 Å². The highest BCUT2D eigenvalue weighted by Gasteiger charge is 2.07. The number of hydrogen-bond donors (Lipinski definition) is 1. The Bertz CT molecular complexity index is 615. The highest BCUT2D eigenvalue weighted by Crippen LogP contribution is 2.20. The van der Waals surface area contributed by atoms with E-state index in [4.69, 9.17) is 11.6 Å². The summed E-state index contributed by atoms with van der Waals surface area (Å²) in [6, 6.07) is 15.5. The van der Waals surface area contributed by atoms with Crippen LogP contribution in [-0.2, 0) is 5.75 Å². The Morgan fingerprint density at radius 1 is 1.14 bits per heavy atom. The van der Waals surface area contributed by atoms with Crippen LogP contribution in [0.3, 0.4) is 0 Å². The zero-order chi connectivity index (χ0) is 15.1. The van der Waals surface area contributed by atoms with Crippen molar-refractivity contribution in [3.05, 3.63) is 70.2 Å². The summed E-state index contributed by atoms with van der Waals surface area (Å²) in [5.41, 5.74) is 2.88. The van der Waals surface area contributed by atoms with Crippen LogP contribution >= 0.6 is 23.4 Å². The van der Waals surface area contributed by atoms with E-state index in [0.717, 1.165) is 33.2 Å². The van der Waals surface area contributed by atoms with Gasteiger partial charge in [-0.2, -0.15) is 11.8 Å². The third kappa shape index (κ3) is 4.80. The van der Waals surface area contributed by atoms with Gasteiger partial charge in [0.1, 0.15) is 0 Å². The van der Waals surface area contributed by atoms with Crippen LogP contribution in [0, 0.1) is 6.92 Å². The number of carbonyl (C=O) groups is 1. The molecule has 2 aromatic rings. The SMILES string of the molecule is Cc1ccccc1C(=O)NCCSCc1ccccc1Cl. The molecule has 0 saturated carbocycles. The van der Waals surface area contributed by atoms with Gasteiger partial charge in [0, 0.05) is 28.6 Å². The Balaban J connectivity index is 1.72. The molecule has 0 bridgehead atoms. The number of amides is 1. The fourth-order valence-corrected chi connectivity index (χ4v) is 3.10. The van der Waals surface area contributed by atoms with Crippen LogP contribution in [0.2, 0.25) is 5.02 Å². The van der Waals surface area contributed by atoms with Crippen LogP contribution in [0.1, 0.15) is 21.5 Å². The smallest absolute Gasteiger partial charge is 0.251 e. The maximum absolute atomic E-state index is 12.0. The number of rotatable bonds is 6. The van der Waals surface area contributed by atoms with E-state index in [-0.39, 0.29) is 5.91 Å². The Hall–Kier alpha value is -1.45. The van der Waals surface area contributed by atoms with E-state index in [1.807, 2.05) is 55.5 Å². The number of benzene rings is 2. The molecule has 1 amide bonds. The van der Waals surface area contributed by atoms with Gasteiger partial charge in [0.25, 0.3) is 5.91 Å². The van der Waals surface area contributed by atoms with Gasteiger partial charge in [0.2, 0.25) is 0 Å². The molecule has 0 radical (unpaired) electrons. The Morgan fingerprint density at radius 2 is 1.86 bits per heavy atom. The predicted octanol–water partition coefficient (Wildman–Crippen LogP) is 4.31. The topological polar surface area (TPSA) is 29.1 Å². The lowest BCUT2D eigenvalue weighted by atomic mass is 10.1. The molecule has 2 aromatic carbocycles. The molecule has 0 aromatic heterocycles. The number of halogens is 1. The van der Waals surface area contributed by atoms with Crippen molar-refractivity contribution in [1.29, 1.82) is 0 Å². The molecule has 21 heavy (non-hydrogen) atoms. The second-order valence-corrected chi connectivity index (χ2v) is 6.23. The van der Waals surface area contributed by atoms with Gasteiger partial charge in [-0.3, -0.25) is 4.79 Å². The van der Waals surface area contributed by atoms with E-state index in [2.05, 4.69) is 5.32 Å². The van der Waals surface area contributed by atoms with Crippen LogP contribution < -0.4 is 5.32 Å². The van der Waals surface area contributed by atoms with Gasteiger partial charge in [-0.1, -0.05) is 48.0 Å². The van der Waals surface area contributed by atoms with Crippen molar-refractivity contribution in [1.82, 2.24) is 5.32 Å². The molecule has 0 aliphatic carbocycles. The molecule has 4 heteroatoms. The van der Waals surface area contributed by atoms with Crippen molar-refractivity contribution in [3.63, 3.8) is 0 Å². The predicted molar refractivity (Wildman–Crippen MR) is 91.1 cm³/mol. The molecule has 0 heterocycles. The molecule has 0 aliphatic rings. The van der Waals surface area contributed by atoms with Crippen molar-refractivity contribution in [2.24, 2.45) is 0 Å². The highest BCUT2D eigenvalue weighted by atomic mass is 35.5. The minimum atomic E-state index is -0.00792. The Kier molecular flexibility index (Phi) is 6.15.